The second-order valence-corrected chi connectivity index (χ2v) is 3.79. The van der Waals surface area contributed by atoms with Gasteiger partial charge in [0.2, 0.25) is 5.95 Å². The normalized spacial score (nSPS) is 10.9. The number of aryl methyl sites for hydroxylation is 1. The predicted molar refractivity (Wildman–Crippen MR) is 66.2 cm³/mol. The van der Waals surface area contributed by atoms with Gasteiger partial charge in [0.1, 0.15) is 5.69 Å². The van der Waals surface area contributed by atoms with Gasteiger partial charge in [0.05, 0.1) is 11.2 Å². The molecular weight excluding hydrogens is 214 g/mol. The molecule has 1 aromatic carbocycles. The number of nitrogen functional groups attached to an aromatic ring is 1. The maximum atomic E-state index is 5.59. The van der Waals surface area contributed by atoms with Crippen molar-refractivity contribution in [1.82, 2.24) is 19.7 Å². The third-order valence-electron chi connectivity index (χ3n) is 2.67. The van der Waals surface area contributed by atoms with Crippen LogP contribution in [0.2, 0.25) is 0 Å². The number of fused-ring (bicyclic) bond motifs is 1. The van der Waals surface area contributed by atoms with Crippen LogP contribution >= 0.6 is 0 Å². The van der Waals surface area contributed by atoms with Gasteiger partial charge in [-0.15, -0.1) is 0 Å². The van der Waals surface area contributed by atoms with E-state index in [1.54, 1.807) is 6.20 Å². The summed E-state index contributed by atoms with van der Waals surface area (Å²) in [5, 5.41) is 5.54. The van der Waals surface area contributed by atoms with Crippen LogP contribution in [0.4, 0.5) is 5.95 Å². The molecule has 3 rings (SSSR count). The lowest BCUT2D eigenvalue weighted by Crippen LogP contribution is -1.96. The Morgan fingerprint density at radius 1 is 1.18 bits per heavy atom. The van der Waals surface area contributed by atoms with Gasteiger partial charge in [-0.05, 0) is 12.1 Å². The molecule has 0 radical (unpaired) electrons. The van der Waals surface area contributed by atoms with E-state index in [9.17, 15) is 0 Å². The zero-order chi connectivity index (χ0) is 11.8. The Kier molecular flexibility index (Phi) is 2.04. The van der Waals surface area contributed by atoms with E-state index in [1.807, 2.05) is 42.1 Å². The van der Waals surface area contributed by atoms with Crippen molar-refractivity contribution in [2.45, 2.75) is 0 Å². The number of hydrogen-bond acceptors (Lipinski definition) is 4. The van der Waals surface area contributed by atoms with Crippen molar-refractivity contribution < 1.29 is 0 Å². The summed E-state index contributed by atoms with van der Waals surface area (Å²) in [6.45, 7) is 0. The lowest BCUT2D eigenvalue weighted by Gasteiger charge is -1.97. The highest BCUT2D eigenvalue weighted by atomic mass is 15.3. The number of nitrogens with zero attached hydrogens (tertiary/aromatic N) is 4. The number of benzene rings is 1. The molecule has 0 aliphatic carbocycles. The van der Waals surface area contributed by atoms with Gasteiger partial charge in [-0.25, -0.2) is 9.97 Å². The summed E-state index contributed by atoms with van der Waals surface area (Å²) in [6, 6.07) is 9.83. The van der Waals surface area contributed by atoms with Crippen molar-refractivity contribution in [2.24, 2.45) is 7.05 Å². The van der Waals surface area contributed by atoms with Gasteiger partial charge in [0, 0.05) is 18.6 Å². The van der Waals surface area contributed by atoms with E-state index in [-0.39, 0.29) is 5.95 Å². The number of nitrogens with two attached hydrogens (primary N) is 1. The lowest BCUT2D eigenvalue weighted by atomic mass is 10.1. The van der Waals surface area contributed by atoms with E-state index in [0.717, 1.165) is 22.3 Å². The Labute approximate surface area is 97.9 Å². The smallest absolute Gasteiger partial charge is 0.220 e. The SMILES string of the molecule is Cn1nc(-c2ccnc(N)n2)c2ccccc21. The van der Waals surface area contributed by atoms with Crippen molar-refractivity contribution in [2.75, 3.05) is 5.73 Å². The quantitative estimate of drug-likeness (QED) is 0.683. The zero-order valence-corrected chi connectivity index (χ0v) is 9.33. The van der Waals surface area contributed by atoms with E-state index in [4.69, 9.17) is 5.73 Å². The van der Waals surface area contributed by atoms with Gasteiger partial charge in [-0.1, -0.05) is 18.2 Å². The summed E-state index contributed by atoms with van der Waals surface area (Å²) >= 11 is 0. The second-order valence-electron chi connectivity index (χ2n) is 3.79. The molecule has 0 unspecified atom stereocenters. The first-order valence-corrected chi connectivity index (χ1v) is 5.26. The molecule has 5 heteroatoms. The summed E-state index contributed by atoms with van der Waals surface area (Å²) < 4.78 is 1.84. The molecule has 0 amide bonds. The van der Waals surface area contributed by atoms with E-state index in [2.05, 4.69) is 15.1 Å². The Balaban J connectivity index is 2.31. The van der Waals surface area contributed by atoms with Gasteiger partial charge in [0.15, 0.2) is 0 Å². The Morgan fingerprint density at radius 2 is 2.00 bits per heavy atom. The molecule has 2 heterocycles. The van der Waals surface area contributed by atoms with Gasteiger partial charge in [-0.2, -0.15) is 5.10 Å². The molecule has 0 bridgehead atoms. The fourth-order valence-corrected chi connectivity index (χ4v) is 1.91. The van der Waals surface area contributed by atoms with Gasteiger partial charge >= 0.3 is 0 Å². The molecule has 0 aliphatic rings. The minimum atomic E-state index is 0.261. The highest BCUT2D eigenvalue weighted by Crippen LogP contribution is 2.25. The van der Waals surface area contributed by atoms with Gasteiger partial charge in [-0.3, -0.25) is 4.68 Å². The number of aromatic nitrogens is 4. The molecule has 3 aromatic rings. The van der Waals surface area contributed by atoms with Crippen LogP contribution in [0.5, 0.6) is 0 Å². The number of hydrogen-bond donors (Lipinski definition) is 1. The van der Waals surface area contributed by atoms with E-state index in [1.165, 1.54) is 0 Å². The maximum absolute atomic E-state index is 5.59. The van der Waals surface area contributed by atoms with Crippen LogP contribution in [0.15, 0.2) is 36.5 Å². The van der Waals surface area contributed by atoms with Gasteiger partial charge < -0.3 is 5.73 Å². The molecule has 0 spiro atoms. The molecule has 2 aromatic heterocycles. The molecule has 17 heavy (non-hydrogen) atoms. The molecule has 84 valence electrons. The standard InChI is InChI=1S/C12H11N5/c1-17-10-5-3-2-4-8(10)11(16-17)9-6-7-14-12(13)15-9/h2-7H,1H3,(H2,13,14,15). The minimum Gasteiger partial charge on any atom is -0.368 e. The summed E-state index contributed by atoms with van der Waals surface area (Å²) in [6.07, 6.45) is 1.64. The third-order valence-corrected chi connectivity index (χ3v) is 2.67. The molecule has 0 saturated carbocycles. The van der Waals surface area contributed by atoms with Crippen molar-refractivity contribution >= 4 is 16.9 Å². The second kappa shape index (κ2) is 3.55. The highest BCUT2D eigenvalue weighted by Gasteiger charge is 2.11. The lowest BCUT2D eigenvalue weighted by molar-refractivity contribution is 0.799. The molecule has 0 atom stereocenters. The summed E-state index contributed by atoms with van der Waals surface area (Å²) in [5.41, 5.74) is 8.23. The Bertz CT molecular complexity index is 686. The molecule has 0 aliphatic heterocycles. The highest BCUT2D eigenvalue weighted by molar-refractivity contribution is 5.92. The van der Waals surface area contributed by atoms with Crippen molar-refractivity contribution in [3.8, 4) is 11.4 Å². The fraction of sp³-hybridized carbons (Fsp3) is 0.0833. The van der Waals surface area contributed by atoms with E-state index < -0.39 is 0 Å². The monoisotopic (exact) mass is 225 g/mol. The number of rotatable bonds is 1. The van der Waals surface area contributed by atoms with Gasteiger partial charge in [0.25, 0.3) is 0 Å². The van der Waals surface area contributed by atoms with Crippen molar-refractivity contribution in [3.05, 3.63) is 36.5 Å². The minimum absolute atomic E-state index is 0.261. The average Bonchev–Trinajstić information content (AvgIpc) is 2.68. The van der Waals surface area contributed by atoms with Crippen LogP contribution in [0, 0.1) is 0 Å². The zero-order valence-electron chi connectivity index (χ0n) is 9.33. The molecule has 5 nitrogen and oxygen atoms in total. The maximum Gasteiger partial charge on any atom is 0.220 e. The topological polar surface area (TPSA) is 69.6 Å². The van der Waals surface area contributed by atoms with E-state index in [0.29, 0.717) is 0 Å². The third kappa shape index (κ3) is 1.52. The van der Waals surface area contributed by atoms with Crippen LogP contribution in [0.3, 0.4) is 0 Å². The fourth-order valence-electron chi connectivity index (χ4n) is 1.91. The Morgan fingerprint density at radius 3 is 2.82 bits per heavy atom. The van der Waals surface area contributed by atoms with Crippen LogP contribution < -0.4 is 5.73 Å². The number of para-hydroxylation sites is 1. The molecule has 2 N–H and O–H groups in total. The summed E-state index contributed by atoms with van der Waals surface area (Å²) in [5.74, 6) is 0.261. The van der Waals surface area contributed by atoms with Crippen molar-refractivity contribution in [1.29, 1.82) is 0 Å². The first kappa shape index (κ1) is 9.77. The molecule has 0 saturated heterocycles. The average molecular weight is 225 g/mol. The first-order chi connectivity index (χ1) is 8.25. The predicted octanol–water partition coefficient (Wildman–Crippen LogP) is 1.61. The van der Waals surface area contributed by atoms with E-state index >= 15 is 0 Å². The van der Waals surface area contributed by atoms with Crippen LogP contribution in [0.25, 0.3) is 22.3 Å². The van der Waals surface area contributed by atoms with Crippen LogP contribution in [0.1, 0.15) is 0 Å². The molecular formula is C12H11N5. The summed E-state index contributed by atoms with van der Waals surface area (Å²) in [4.78, 5) is 8.08. The van der Waals surface area contributed by atoms with Crippen molar-refractivity contribution in [3.63, 3.8) is 0 Å². The van der Waals surface area contributed by atoms with Crippen LogP contribution in [-0.2, 0) is 7.05 Å². The Hall–Kier alpha value is -2.43. The summed E-state index contributed by atoms with van der Waals surface area (Å²) in [7, 11) is 1.91. The van der Waals surface area contributed by atoms with Crippen LogP contribution in [-0.4, -0.2) is 19.7 Å². The first-order valence-electron chi connectivity index (χ1n) is 5.26. The molecule has 0 fully saturated rings. The largest absolute Gasteiger partial charge is 0.368 e. The number of anilines is 1.